The molecule has 84 valence electrons. The minimum atomic E-state index is 0.646. The highest BCUT2D eigenvalue weighted by Gasteiger charge is 2.18. The van der Waals surface area contributed by atoms with Crippen LogP contribution in [0.1, 0.15) is 19.8 Å². The van der Waals surface area contributed by atoms with Crippen molar-refractivity contribution in [2.75, 3.05) is 24.5 Å². The van der Waals surface area contributed by atoms with Gasteiger partial charge in [0.25, 0.3) is 0 Å². The number of nitrogens with one attached hydrogen (secondary N) is 1. The van der Waals surface area contributed by atoms with Gasteiger partial charge in [-0.3, -0.25) is 0 Å². The Hall–Kier alpha value is -0.130. The quantitative estimate of drug-likeness (QED) is 0.923. The third kappa shape index (κ3) is 2.92. The molecule has 0 bridgehead atoms. The lowest BCUT2D eigenvalue weighted by Gasteiger charge is -2.23. The van der Waals surface area contributed by atoms with Gasteiger partial charge in [0, 0.05) is 24.5 Å². The lowest BCUT2D eigenvalue weighted by Crippen LogP contribution is -2.37. The summed E-state index contributed by atoms with van der Waals surface area (Å²) >= 11 is 5.11. The lowest BCUT2D eigenvalue weighted by molar-refractivity contribution is 0.586. The number of halogens is 1. The first-order valence-corrected chi connectivity index (χ1v) is 7.06. The fourth-order valence-corrected chi connectivity index (χ4v) is 3.24. The van der Waals surface area contributed by atoms with Gasteiger partial charge in [0.2, 0.25) is 0 Å². The Balaban J connectivity index is 1.97. The van der Waals surface area contributed by atoms with Crippen LogP contribution in [0.3, 0.4) is 0 Å². The van der Waals surface area contributed by atoms with Crippen molar-refractivity contribution < 1.29 is 0 Å². The number of hydrogen-bond acceptors (Lipinski definition) is 4. The van der Waals surface area contributed by atoms with Gasteiger partial charge in [-0.25, -0.2) is 4.98 Å². The van der Waals surface area contributed by atoms with Crippen molar-refractivity contribution in [2.45, 2.75) is 25.8 Å². The van der Waals surface area contributed by atoms with Crippen LogP contribution < -0.4 is 10.2 Å². The molecule has 0 radical (unpaired) electrons. The molecule has 1 unspecified atom stereocenters. The highest BCUT2D eigenvalue weighted by Crippen LogP contribution is 2.24. The topological polar surface area (TPSA) is 28.2 Å². The number of nitrogens with zero attached hydrogens (tertiary/aromatic N) is 2. The van der Waals surface area contributed by atoms with E-state index in [-0.39, 0.29) is 0 Å². The van der Waals surface area contributed by atoms with E-state index in [2.05, 4.69) is 38.1 Å². The summed E-state index contributed by atoms with van der Waals surface area (Å²) < 4.78 is 0.945. The second kappa shape index (κ2) is 5.27. The van der Waals surface area contributed by atoms with Crippen molar-refractivity contribution in [3.05, 3.63) is 9.98 Å². The van der Waals surface area contributed by atoms with Crippen molar-refractivity contribution in [1.82, 2.24) is 10.3 Å². The predicted molar refractivity (Wildman–Crippen MR) is 68.7 cm³/mol. The molecule has 1 saturated heterocycles. The fraction of sp³-hybridized carbons (Fsp3) is 0.700. The Morgan fingerprint density at radius 3 is 3.13 bits per heavy atom. The van der Waals surface area contributed by atoms with Gasteiger partial charge in [-0.2, -0.15) is 0 Å². The molecule has 2 heterocycles. The average Bonchev–Trinajstić information content (AvgIpc) is 2.85. The molecule has 1 fully saturated rings. The average molecular weight is 290 g/mol. The van der Waals surface area contributed by atoms with Crippen LogP contribution in [0.25, 0.3) is 0 Å². The summed E-state index contributed by atoms with van der Waals surface area (Å²) in [6.45, 7) is 5.46. The Kier molecular flexibility index (Phi) is 3.99. The molecule has 1 N–H and O–H groups in total. The van der Waals surface area contributed by atoms with E-state index >= 15 is 0 Å². The molecule has 3 nitrogen and oxygen atoms in total. The molecule has 15 heavy (non-hydrogen) atoms. The molecule has 0 aromatic carbocycles. The smallest absolute Gasteiger partial charge is 0.186 e. The van der Waals surface area contributed by atoms with Crippen molar-refractivity contribution in [2.24, 2.45) is 0 Å². The Bertz CT molecular complexity index is 309. The van der Waals surface area contributed by atoms with Gasteiger partial charge < -0.3 is 10.2 Å². The van der Waals surface area contributed by atoms with E-state index in [0.29, 0.717) is 6.04 Å². The number of rotatable bonds is 4. The largest absolute Gasteiger partial charge is 0.347 e. The minimum absolute atomic E-state index is 0.646. The van der Waals surface area contributed by atoms with Crippen LogP contribution in [-0.4, -0.2) is 30.7 Å². The standard InChI is InChI=1S/C10H16BrN3S/c1-2-14(6-8-4-3-5-12-8)10-13-9(11)7-15-10/h7-8,12H,2-6H2,1H3. The second-order valence-electron chi connectivity index (χ2n) is 3.78. The van der Waals surface area contributed by atoms with E-state index in [0.717, 1.165) is 22.8 Å². The molecule has 1 atom stereocenters. The van der Waals surface area contributed by atoms with Gasteiger partial charge in [0.1, 0.15) is 4.60 Å². The van der Waals surface area contributed by atoms with Gasteiger partial charge in [-0.05, 0) is 42.2 Å². The Morgan fingerprint density at radius 2 is 2.60 bits per heavy atom. The number of thiazole rings is 1. The van der Waals surface area contributed by atoms with Crippen molar-refractivity contribution >= 4 is 32.4 Å². The first-order valence-electron chi connectivity index (χ1n) is 5.39. The van der Waals surface area contributed by atoms with E-state index in [4.69, 9.17) is 0 Å². The molecule has 1 aliphatic heterocycles. The van der Waals surface area contributed by atoms with Gasteiger partial charge in [-0.15, -0.1) is 11.3 Å². The zero-order chi connectivity index (χ0) is 10.7. The van der Waals surface area contributed by atoms with E-state index < -0.39 is 0 Å². The number of aromatic nitrogens is 1. The van der Waals surface area contributed by atoms with Crippen LogP contribution in [0.15, 0.2) is 9.98 Å². The molecule has 1 aromatic heterocycles. The van der Waals surface area contributed by atoms with Crippen LogP contribution in [0.2, 0.25) is 0 Å². The Morgan fingerprint density at radius 1 is 1.73 bits per heavy atom. The van der Waals surface area contributed by atoms with Crippen molar-refractivity contribution in [1.29, 1.82) is 0 Å². The van der Waals surface area contributed by atoms with Gasteiger partial charge in [-0.1, -0.05) is 0 Å². The maximum absolute atomic E-state index is 4.46. The summed E-state index contributed by atoms with van der Waals surface area (Å²) in [6.07, 6.45) is 2.60. The van der Waals surface area contributed by atoms with Crippen molar-refractivity contribution in [3.8, 4) is 0 Å². The monoisotopic (exact) mass is 289 g/mol. The van der Waals surface area contributed by atoms with Crippen LogP contribution >= 0.6 is 27.3 Å². The number of anilines is 1. The summed E-state index contributed by atoms with van der Waals surface area (Å²) in [6, 6.07) is 0.646. The zero-order valence-electron chi connectivity index (χ0n) is 8.87. The molecule has 5 heteroatoms. The molecular formula is C10H16BrN3S. The minimum Gasteiger partial charge on any atom is -0.347 e. The molecular weight excluding hydrogens is 274 g/mol. The normalized spacial score (nSPS) is 20.8. The molecule has 0 spiro atoms. The van der Waals surface area contributed by atoms with Gasteiger partial charge in [0.05, 0.1) is 0 Å². The van der Waals surface area contributed by atoms with Crippen LogP contribution in [0.5, 0.6) is 0 Å². The third-order valence-electron chi connectivity index (χ3n) is 2.72. The third-order valence-corrected chi connectivity index (χ3v) is 4.33. The fourth-order valence-electron chi connectivity index (χ4n) is 1.91. The van der Waals surface area contributed by atoms with E-state index in [1.807, 2.05) is 5.38 Å². The van der Waals surface area contributed by atoms with E-state index in [9.17, 15) is 0 Å². The summed E-state index contributed by atoms with van der Waals surface area (Å²) in [4.78, 5) is 6.80. The Labute approximate surface area is 103 Å². The molecule has 2 rings (SSSR count). The van der Waals surface area contributed by atoms with E-state index in [1.165, 1.54) is 19.4 Å². The highest BCUT2D eigenvalue weighted by atomic mass is 79.9. The first kappa shape index (κ1) is 11.4. The van der Waals surface area contributed by atoms with Crippen LogP contribution in [0, 0.1) is 0 Å². The zero-order valence-corrected chi connectivity index (χ0v) is 11.3. The van der Waals surface area contributed by atoms with Gasteiger partial charge >= 0.3 is 0 Å². The molecule has 0 aliphatic carbocycles. The van der Waals surface area contributed by atoms with E-state index in [1.54, 1.807) is 11.3 Å². The van der Waals surface area contributed by atoms with Gasteiger partial charge in [0.15, 0.2) is 5.13 Å². The maximum atomic E-state index is 4.46. The molecule has 0 amide bonds. The van der Waals surface area contributed by atoms with Crippen molar-refractivity contribution in [3.63, 3.8) is 0 Å². The van der Waals surface area contributed by atoms with Crippen LogP contribution in [-0.2, 0) is 0 Å². The number of hydrogen-bond donors (Lipinski definition) is 1. The highest BCUT2D eigenvalue weighted by molar-refractivity contribution is 9.10. The van der Waals surface area contributed by atoms with Crippen LogP contribution in [0.4, 0.5) is 5.13 Å². The lowest BCUT2D eigenvalue weighted by atomic mass is 10.2. The summed E-state index contributed by atoms with van der Waals surface area (Å²) in [7, 11) is 0. The molecule has 0 saturated carbocycles. The summed E-state index contributed by atoms with van der Waals surface area (Å²) in [5.74, 6) is 0. The maximum Gasteiger partial charge on any atom is 0.186 e. The SMILES string of the molecule is CCN(CC1CCCN1)c1nc(Br)cs1. The second-order valence-corrected chi connectivity index (χ2v) is 5.43. The first-order chi connectivity index (χ1) is 7.29. The summed E-state index contributed by atoms with van der Waals surface area (Å²) in [5, 5.41) is 6.69. The summed E-state index contributed by atoms with van der Waals surface area (Å²) in [5.41, 5.74) is 0. The molecule has 1 aromatic rings. The number of likely N-dealkylation sites (N-methyl/N-ethyl adjacent to an activating group) is 1. The molecule has 1 aliphatic rings. The predicted octanol–water partition coefficient (Wildman–Crippen LogP) is 2.48.